The van der Waals surface area contributed by atoms with Crippen molar-refractivity contribution in [1.29, 1.82) is 0 Å². The molecule has 5 nitrogen and oxygen atoms in total. The minimum absolute atomic E-state index is 0.177. The lowest BCUT2D eigenvalue weighted by Gasteiger charge is -2.09. The van der Waals surface area contributed by atoms with E-state index in [0.717, 1.165) is 5.39 Å². The van der Waals surface area contributed by atoms with Gasteiger partial charge in [-0.05, 0) is 23.6 Å². The summed E-state index contributed by atoms with van der Waals surface area (Å²) >= 11 is 0. The summed E-state index contributed by atoms with van der Waals surface area (Å²) in [6.07, 6.45) is 0. The molecule has 0 saturated carbocycles. The summed E-state index contributed by atoms with van der Waals surface area (Å²) in [6, 6.07) is 5.26. The van der Waals surface area contributed by atoms with Gasteiger partial charge in [0, 0.05) is 12.2 Å². The summed E-state index contributed by atoms with van der Waals surface area (Å²) in [7, 11) is 3.09. The highest BCUT2D eigenvalue weighted by molar-refractivity contribution is 5.85. The highest BCUT2D eigenvalue weighted by Crippen LogP contribution is 2.30. The number of hydrogen-bond acceptors (Lipinski definition) is 4. The molecule has 90 valence electrons. The first-order chi connectivity index (χ1) is 8.19. The molecule has 17 heavy (non-hydrogen) atoms. The van der Waals surface area contributed by atoms with Gasteiger partial charge in [0.25, 0.3) is 5.56 Å². The molecule has 0 aliphatic carbocycles. The first-order valence-corrected chi connectivity index (χ1v) is 5.17. The predicted molar refractivity (Wildman–Crippen MR) is 65.6 cm³/mol. The van der Waals surface area contributed by atoms with Gasteiger partial charge in [0.05, 0.1) is 19.6 Å². The van der Waals surface area contributed by atoms with Crippen molar-refractivity contribution >= 4 is 10.8 Å². The molecule has 3 N–H and O–H groups in total. The summed E-state index contributed by atoms with van der Waals surface area (Å²) in [5.41, 5.74) is 6.02. The van der Waals surface area contributed by atoms with Crippen LogP contribution < -0.4 is 20.8 Å². The molecule has 0 atom stereocenters. The monoisotopic (exact) mass is 234 g/mol. The third-order valence-electron chi connectivity index (χ3n) is 2.62. The fourth-order valence-electron chi connectivity index (χ4n) is 1.76. The molecule has 5 heteroatoms. The third kappa shape index (κ3) is 1.97. The number of H-pyrrole nitrogens is 1. The lowest BCUT2D eigenvalue weighted by molar-refractivity contribution is 0.356. The zero-order valence-corrected chi connectivity index (χ0v) is 9.74. The number of nitrogens with two attached hydrogens (primary N) is 1. The maximum absolute atomic E-state index is 11.8. The molecular weight excluding hydrogens is 220 g/mol. The van der Waals surface area contributed by atoms with Crippen molar-refractivity contribution in [1.82, 2.24) is 4.98 Å². The van der Waals surface area contributed by atoms with Crippen molar-refractivity contribution in [3.8, 4) is 11.5 Å². The molecule has 0 aliphatic rings. The molecule has 0 aliphatic heterocycles. The molecule has 0 fully saturated rings. The Morgan fingerprint density at radius 2 is 1.82 bits per heavy atom. The SMILES string of the molecule is COc1cc2cc(CN)[nH]c(=O)c2cc1OC. The minimum Gasteiger partial charge on any atom is -0.493 e. The number of aromatic amines is 1. The number of aromatic nitrogens is 1. The number of methoxy groups -OCH3 is 2. The van der Waals surface area contributed by atoms with Crippen LogP contribution in [0.1, 0.15) is 5.69 Å². The molecular formula is C12H14N2O3. The lowest BCUT2D eigenvalue weighted by atomic mass is 10.1. The van der Waals surface area contributed by atoms with Crippen LogP contribution in [0.25, 0.3) is 10.8 Å². The van der Waals surface area contributed by atoms with Crippen LogP contribution in [0.15, 0.2) is 23.0 Å². The average Bonchev–Trinajstić information content (AvgIpc) is 2.36. The van der Waals surface area contributed by atoms with Crippen LogP contribution in [0.5, 0.6) is 11.5 Å². The Labute approximate surface area is 98.2 Å². The molecule has 1 aromatic heterocycles. The smallest absolute Gasteiger partial charge is 0.256 e. The van der Waals surface area contributed by atoms with E-state index in [1.807, 2.05) is 6.07 Å². The Bertz CT molecular complexity index is 604. The fraction of sp³-hybridized carbons (Fsp3) is 0.250. The Morgan fingerprint density at radius 3 is 2.41 bits per heavy atom. The van der Waals surface area contributed by atoms with Gasteiger partial charge in [-0.1, -0.05) is 0 Å². The van der Waals surface area contributed by atoms with Crippen LogP contribution >= 0.6 is 0 Å². The summed E-state index contributed by atoms with van der Waals surface area (Å²) < 4.78 is 10.3. The molecule has 1 aromatic carbocycles. The van der Waals surface area contributed by atoms with Crippen LogP contribution in [-0.2, 0) is 6.54 Å². The highest BCUT2D eigenvalue weighted by Gasteiger charge is 2.09. The minimum atomic E-state index is -0.177. The van der Waals surface area contributed by atoms with Gasteiger partial charge in [0.15, 0.2) is 11.5 Å². The van der Waals surface area contributed by atoms with Gasteiger partial charge in [0.1, 0.15) is 0 Å². The van der Waals surface area contributed by atoms with Crippen molar-refractivity contribution in [3.05, 3.63) is 34.2 Å². The number of ether oxygens (including phenoxy) is 2. The van der Waals surface area contributed by atoms with E-state index in [1.165, 1.54) is 7.11 Å². The number of nitrogens with one attached hydrogen (secondary N) is 1. The van der Waals surface area contributed by atoms with Gasteiger partial charge in [-0.15, -0.1) is 0 Å². The Hall–Kier alpha value is -2.01. The third-order valence-corrected chi connectivity index (χ3v) is 2.62. The van der Waals surface area contributed by atoms with Crippen LogP contribution in [0.2, 0.25) is 0 Å². The second-order valence-electron chi connectivity index (χ2n) is 3.62. The van der Waals surface area contributed by atoms with Crippen LogP contribution in [0.3, 0.4) is 0 Å². The van der Waals surface area contributed by atoms with E-state index < -0.39 is 0 Å². The second kappa shape index (κ2) is 4.47. The van der Waals surface area contributed by atoms with Gasteiger partial charge < -0.3 is 20.2 Å². The molecule has 1 heterocycles. The van der Waals surface area contributed by atoms with E-state index in [0.29, 0.717) is 29.1 Å². The number of benzene rings is 1. The van der Waals surface area contributed by atoms with E-state index in [4.69, 9.17) is 15.2 Å². The Balaban J connectivity index is 2.78. The Kier molecular flexibility index (Phi) is 3.01. The second-order valence-corrected chi connectivity index (χ2v) is 3.62. The standard InChI is InChI=1S/C12H14N2O3/c1-16-10-4-7-3-8(6-13)14-12(15)9(7)5-11(10)17-2/h3-5H,6,13H2,1-2H3,(H,14,15). The quantitative estimate of drug-likeness (QED) is 0.830. The van der Waals surface area contributed by atoms with Crippen LogP contribution in [0, 0.1) is 0 Å². The summed E-state index contributed by atoms with van der Waals surface area (Å²) in [4.78, 5) is 14.5. The average molecular weight is 234 g/mol. The van der Waals surface area contributed by atoms with Gasteiger partial charge in [-0.2, -0.15) is 0 Å². The number of fused-ring (bicyclic) bond motifs is 1. The first kappa shape index (κ1) is 11.5. The largest absolute Gasteiger partial charge is 0.493 e. The molecule has 2 aromatic rings. The first-order valence-electron chi connectivity index (χ1n) is 5.17. The molecule has 0 spiro atoms. The summed E-state index contributed by atoms with van der Waals surface area (Å²) in [5.74, 6) is 1.12. The summed E-state index contributed by atoms with van der Waals surface area (Å²) in [6.45, 7) is 0.291. The van der Waals surface area contributed by atoms with Gasteiger partial charge in [0.2, 0.25) is 0 Å². The van der Waals surface area contributed by atoms with Crippen molar-refractivity contribution in [2.45, 2.75) is 6.54 Å². The van der Waals surface area contributed by atoms with E-state index in [-0.39, 0.29) is 5.56 Å². The molecule has 0 radical (unpaired) electrons. The number of rotatable bonds is 3. The van der Waals surface area contributed by atoms with E-state index in [2.05, 4.69) is 4.98 Å². The summed E-state index contributed by atoms with van der Waals surface area (Å²) in [5, 5.41) is 1.34. The van der Waals surface area contributed by atoms with Crippen molar-refractivity contribution in [3.63, 3.8) is 0 Å². The maximum Gasteiger partial charge on any atom is 0.256 e. The fourth-order valence-corrected chi connectivity index (χ4v) is 1.76. The Morgan fingerprint density at radius 1 is 1.18 bits per heavy atom. The van der Waals surface area contributed by atoms with E-state index >= 15 is 0 Å². The topological polar surface area (TPSA) is 77.3 Å². The van der Waals surface area contributed by atoms with Gasteiger partial charge in [-0.3, -0.25) is 4.79 Å². The predicted octanol–water partition coefficient (Wildman–Crippen LogP) is 1.00. The van der Waals surface area contributed by atoms with E-state index in [9.17, 15) is 4.79 Å². The lowest BCUT2D eigenvalue weighted by Crippen LogP contribution is -2.12. The van der Waals surface area contributed by atoms with Crippen LogP contribution in [-0.4, -0.2) is 19.2 Å². The molecule has 0 bridgehead atoms. The van der Waals surface area contributed by atoms with Crippen molar-refractivity contribution in [2.24, 2.45) is 5.73 Å². The molecule has 0 saturated heterocycles. The van der Waals surface area contributed by atoms with Gasteiger partial charge in [-0.25, -0.2) is 0 Å². The molecule has 0 unspecified atom stereocenters. The maximum atomic E-state index is 11.8. The van der Waals surface area contributed by atoms with Crippen molar-refractivity contribution in [2.75, 3.05) is 14.2 Å². The van der Waals surface area contributed by atoms with E-state index in [1.54, 1.807) is 19.2 Å². The van der Waals surface area contributed by atoms with Crippen LogP contribution in [0.4, 0.5) is 0 Å². The molecule has 2 rings (SSSR count). The highest BCUT2D eigenvalue weighted by atomic mass is 16.5. The van der Waals surface area contributed by atoms with Gasteiger partial charge >= 0.3 is 0 Å². The molecule has 0 amide bonds. The number of hydrogen-bond donors (Lipinski definition) is 2. The number of pyridine rings is 1. The zero-order chi connectivity index (χ0) is 12.4. The van der Waals surface area contributed by atoms with Crippen molar-refractivity contribution < 1.29 is 9.47 Å². The zero-order valence-electron chi connectivity index (χ0n) is 9.74. The normalized spacial score (nSPS) is 10.5.